The second-order valence-corrected chi connectivity index (χ2v) is 6.40. The van der Waals surface area contributed by atoms with Gasteiger partial charge >= 0.3 is 5.97 Å². The van der Waals surface area contributed by atoms with Crippen molar-refractivity contribution in [3.05, 3.63) is 20.8 Å². The third-order valence-corrected chi connectivity index (χ3v) is 4.61. The van der Waals surface area contributed by atoms with Crippen LogP contribution < -0.4 is 0 Å². The van der Waals surface area contributed by atoms with Crippen molar-refractivity contribution in [1.82, 2.24) is 4.90 Å². The van der Waals surface area contributed by atoms with Crippen LogP contribution in [-0.2, 0) is 11.3 Å². The molecule has 16 heavy (non-hydrogen) atoms. The average molecular weight is 304 g/mol. The van der Waals surface area contributed by atoms with E-state index in [0.29, 0.717) is 6.54 Å². The van der Waals surface area contributed by atoms with Gasteiger partial charge < -0.3 is 10.0 Å². The lowest BCUT2D eigenvalue weighted by Gasteiger charge is -2.20. The Hall–Kier alpha value is -0.390. The summed E-state index contributed by atoms with van der Waals surface area (Å²) in [5.41, 5.74) is -0.455. The van der Waals surface area contributed by atoms with Crippen LogP contribution in [0.1, 0.15) is 17.7 Å². The number of carboxylic acid groups (broad SMARTS) is 1. The van der Waals surface area contributed by atoms with E-state index in [4.69, 9.17) is 5.11 Å². The van der Waals surface area contributed by atoms with Gasteiger partial charge in [0.2, 0.25) is 0 Å². The van der Waals surface area contributed by atoms with Gasteiger partial charge in [-0.15, -0.1) is 11.3 Å². The molecule has 0 radical (unpaired) electrons. The molecule has 0 spiro atoms. The molecule has 1 aromatic heterocycles. The van der Waals surface area contributed by atoms with Gasteiger partial charge in [-0.25, -0.2) is 0 Å². The molecule has 0 unspecified atom stereocenters. The first-order chi connectivity index (χ1) is 7.52. The Bertz CT molecular complexity index is 400. The van der Waals surface area contributed by atoms with Gasteiger partial charge in [0.05, 0.1) is 5.41 Å². The van der Waals surface area contributed by atoms with Crippen molar-refractivity contribution in [2.75, 3.05) is 13.6 Å². The normalized spacial score (nSPS) is 17.7. The van der Waals surface area contributed by atoms with Crippen molar-refractivity contribution >= 4 is 33.2 Å². The predicted octanol–water partition coefficient (Wildman–Crippen LogP) is 2.81. The number of hydrogen-bond donors (Lipinski definition) is 1. The molecule has 2 rings (SSSR count). The molecule has 0 atom stereocenters. The van der Waals surface area contributed by atoms with Gasteiger partial charge in [0.15, 0.2) is 0 Å². The van der Waals surface area contributed by atoms with Crippen molar-refractivity contribution in [2.24, 2.45) is 5.41 Å². The molecule has 1 N–H and O–H groups in total. The smallest absolute Gasteiger partial charge is 0.310 e. The van der Waals surface area contributed by atoms with Crippen LogP contribution in [0.4, 0.5) is 0 Å². The molecule has 1 saturated carbocycles. The standard InChI is InChI=1S/C11H14BrNO2S/c1-13(5-9-4-8(12)6-16-9)7-11(2-3-11)10(14)15/h4,6H,2-3,5,7H2,1H3,(H,14,15). The van der Waals surface area contributed by atoms with E-state index in [0.717, 1.165) is 23.9 Å². The zero-order chi connectivity index (χ0) is 11.8. The zero-order valence-corrected chi connectivity index (χ0v) is 11.5. The van der Waals surface area contributed by atoms with Crippen LogP contribution in [0.25, 0.3) is 0 Å². The fourth-order valence-electron chi connectivity index (χ4n) is 1.87. The first kappa shape index (κ1) is 12.1. The van der Waals surface area contributed by atoms with E-state index < -0.39 is 11.4 Å². The largest absolute Gasteiger partial charge is 0.481 e. The van der Waals surface area contributed by atoms with Crippen LogP contribution in [0.15, 0.2) is 15.9 Å². The van der Waals surface area contributed by atoms with Gasteiger partial charge in [-0.05, 0) is 41.9 Å². The number of carbonyl (C=O) groups is 1. The molecule has 1 aliphatic carbocycles. The fourth-order valence-corrected chi connectivity index (χ4v) is 3.40. The molecule has 1 aromatic rings. The fraction of sp³-hybridized carbons (Fsp3) is 0.545. The van der Waals surface area contributed by atoms with Crippen LogP contribution in [0.2, 0.25) is 0 Å². The van der Waals surface area contributed by atoms with Crippen LogP contribution in [0, 0.1) is 5.41 Å². The van der Waals surface area contributed by atoms with Crippen molar-refractivity contribution in [3.63, 3.8) is 0 Å². The molecule has 0 aromatic carbocycles. The highest BCUT2D eigenvalue weighted by atomic mass is 79.9. The van der Waals surface area contributed by atoms with Crippen LogP contribution in [0.3, 0.4) is 0 Å². The average Bonchev–Trinajstić information content (AvgIpc) is 2.85. The topological polar surface area (TPSA) is 40.5 Å². The van der Waals surface area contributed by atoms with E-state index in [9.17, 15) is 4.79 Å². The monoisotopic (exact) mass is 303 g/mol. The maximum absolute atomic E-state index is 11.0. The van der Waals surface area contributed by atoms with E-state index in [-0.39, 0.29) is 0 Å². The molecule has 1 aliphatic rings. The maximum Gasteiger partial charge on any atom is 0.310 e. The minimum Gasteiger partial charge on any atom is -0.481 e. The summed E-state index contributed by atoms with van der Waals surface area (Å²) < 4.78 is 1.10. The van der Waals surface area contributed by atoms with Crippen molar-refractivity contribution in [1.29, 1.82) is 0 Å². The Kier molecular flexibility index (Phi) is 3.37. The summed E-state index contributed by atoms with van der Waals surface area (Å²) in [5.74, 6) is -0.647. The molecule has 3 nitrogen and oxygen atoms in total. The summed E-state index contributed by atoms with van der Waals surface area (Å²) in [7, 11) is 1.98. The molecule has 0 saturated heterocycles. The summed E-state index contributed by atoms with van der Waals surface area (Å²) >= 11 is 5.11. The third kappa shape index (κ3) is 2.64. The number of aliphatic carboxylic acids is 1. The molecular weight excluding hydrogens is 290 g/mol. The summed E-state index contributed by atoms with van der Waals surface area (Å²) in [6.45, 7) is 1.48. The lowest BCUT2D eigenvalue weighted by Crippen LogP contribution is -2.31. The van der Waals surface area contributed by atoms with Crippen LogP contribution in [-0.4, -0.2) is 29.6 Å². The molecule has 0 aliphatic heterocycles. The maximum atomic E-state index is 11.0. The van der Waals surface area contributed by atoms with E-state index in [1.807, 2.05) is 12.4 Å². The predicted molar refractivity (Wildman–Crippen MR) is 67.7 cm³/mol. The molecular formula is C11H14BrNO2S. The summed E-state index contributed by atoms with van der Waals surface area (Å²) in [6.07, 6.45) is 1.64. The quantitative estimate of drug-likeness (QED) is 0.909. The molecule has 0 bridgehead atoms. The highest BCUT2D eigenvalue weighted by Gasteiger charge is 2.50. The molecule has 0 amide bonds. The number of carboxylic acids is 1. The Morgan fingerprint density at radius 1 is 1.69 bits per heavy atom. The Balaban J connectivity index is 1.89. The van der Waals surface area contributed by atoms with Crippen LogP contribution >= 0.6 is 27.3 Å². The highest BCUT2D eigenvalue weighted by molar-refractivity contribution is 9.10. The molecule has 1 fully saturated rings. The lowest BCUT2D eigenvalue weighted by molar-refractivity contribution is -0.144. The first-order valence-electron chi connectivity index (χ1n) is 5.17. The SMILES string of the molecule is CN(Cc1cc(Br)cs1)CC1(C(=O)O)CC1. The number of nitrogens with zero attached hydrogens (tertiary/aromatic N) is 1. The minimum atomic E-state index is -0.647. The van der Waals surface area contributed by atoms with Gasteiger partial charge in [0, 0.05) is 27.8 Å². The first-order valence-corrected chi connectivity index (χ1v) is 6.84. The Morgan fingerprint density at radius 3 is 2.81 bits per heavy atom. The van der Waals surface area contributed by atoms with E-state index in [1.165, 1.54) is 4.88 Å². The van der Waals surface area contributed by atoms with E-state index in [1.54, 1.807) is 11.3 Å². The van der Waals surface area contributed by atoms with Crippen molar-refractivity contribution in [2.45, 2.75) is 19.4 Å². The van der Waals surface area contributed by atoms with Crippen LogP contribution in [0.5, 0.6) is 0 Å². The van der Waals surface area contributed by atoms with Gasteiger partial charge in [-0.2, -0.15) is 0 Å². The number of rotatable bonds is 5. The summed E-state index contributed by atoms with van der Waals surface area (Å²) in [4.78, 5) is 14.4. The lowest BCUT2D eigenvalue weighted by atomic mass is 10.1. The van der Waals surface area contributed by atoms with E-state index >= 15 is 0 Å². The summed E-state index contributed by atoms with van der Waals surface area (Å²) in [5, 5.41) is 11.1. The summed E-state index contributed by atoms with van der Waals surface area (Å²) in [6, 6.07) is 2.08. The molecule has 1 heterocycles. The number of halogens is 1. The van der Waals surface area contributed by atoms with Gasteiger partial charge in [0.1, 0.15) is 0 Å². The second kappa shape index (κ2) is 4.47. The second-order valence-electron chi connectivity index (χ2n) is 4.49. The third-order valence-electron chi connectivity index (χ3n) is 2.93. The van der Waals surface area contributed by atoms with E-state index in [2.05, 4.69) is 26.9 Å². The minimum absolute atomic E-state index is 0.455. The molecule has 88 valence electrons. The van der Waals surface area contributed by atoms with Crippen molar-refractivity contribution in [3.8, 4) is 0 Å². The number of hydrogen-bond acceptors (Lipinski definition) is 3. The van der Waals surface area contributed by atoms with Gasteiger partial charge in [-0.3, -0.25) is 4.79 Å². The molecule has 5 heteroatoms. The highest BCUT2D eigenvalue weighted by Crippen LogP contribution is 2.46. The Morgan fingerprint density at radius 2 is 2.38 bits per heavy atom. The zero-order valence-electron chi connectivity index (χ0n) is 9.07. The van der Waals surface area contributed by atoms with Gasteiger partial charge in [0.25, 0.3) is 0 Å². The Labute approximate surface area is 107 Å². The van der Waals surface area contributed by atoms with Crippen molar-refractivity contribution < 1.29 is 9.90 Å². The number of thiophene rings is 1. The van der Waals surface area contributed by atoms with Gasteiger partial charge in [-0.1, -0.05) is 0 Å².